The summed E-state index contributed by atoms with van der Waals surface area (Å²) in [5.74, 6) is 0.0715. The summed E-state index contributed by atoms with van der Waals surface area (Å²) in [6, 6.07) is 7.55. The van der Waals surface area contributed by atoms with Gasteiger partial charge in [0.05, 0.1) is 11.9 Å². The first kappa shape index (κ1) is 23.7. The van der Waals surface area contributed by atoms with Gasteiger partial charge in [-0.2, -0.15) is 0 Å². The molecule has 6 N–H and O–H groups in total. The largest absolute Gasteiger partial charge is 0.371 e. The lowest BCUT2D eigenvalue weighted by molar-refractivity contribution is -0.115. The summed E-state index contributed by atoms with van der Waals surface area (Å²) in [6.07, 6.45) is 1.68. The zero-order valence-corrected chi connectivity index (χ0v) is 16.3. The van der Waals surface area contributed by atoms with Crippen LogP contribution in [0.4, 0.5) is 15.8 Å². The van der Waals surface area contributed by atoms with Gasteiger partial charge in [-0.15, -0.1) is 0 Å². The fourth-order valence-electron chi connectivity index (χ4n) is 1.59. The average molecular weight is 392 g/mol. The quantitative estimate of drug-likeness (QED) is 0.448. The monoisotopic (exact) mass is 392 g/mol. The van der Waals surface area contributed by atoms with Crippen LogP contribution in [0.3, 0.4) is 0 Å². The Morgan fingerprint density at radius 3 is 2.19 bits per heavy atom. The lowest BCUT2D eigenvalue weighted by Gasteiger charge is -2.03. The molecule has 0 spiro atoms. The number of nitrogens with two attached hydrogens (primary N) is 2. The van der Waals surface area contributed by atoms with Gasteiger partial charge in [-0.25, -0.2) is 9.98 Å². The maximum Gasteiger partial charge on any atom is 0.223 e. The van der Waals surface area contributed by atoms with E-state index in [2.05, 4.69) is 20.6 Å². The normalized spacial score (nSPS) is 8.85. The molecule has 0 unspecified atom stereocenters. The van der Waals surface area contributed by atoms with Crippen molar-refractivity contribution in [3.8, 4) is 0 Å². The summed E-state index contributed by atoms with van der Waals surface area (Å²) >= 11 is 1.38. The minimum absolute atomic E-state index is 0.0380. The van der Waals surface area contributed by atoms with Crippen molar-refractivity contribution < 1.29 is 14.4 Å². The van der Waals surface area contributed by atoms with Gasteiger partial charge in [0.15, 0.2) is 11.1 Å². The number of nitrogens with zero attached hydrogens (tertiary/aromatic N) is 2. The maximum atomic E-state index is 10.9. The molecule has 1 amide bonds. The highest BCUT2D eigenvalue weighted by Crippen LogP contribution is 2.23. The summed E-state index contributed by atoms with van der Waals surface area (Å²) in [7, 11) is 0. The molecule has 0 aliphatic rings. The second kappa shape index (κ2) is 13.0. The minimum Gasteiger partial charge on any atom is -0.371 e. The van der Waals surface area contributed by atoms with Crippen molar-refractivity contribution in [2.75, 3.05) is 10.6 Å². The number of carbonyl (C=O) groups excluding carboxylic acids is 3. The van der Waals surface area contributed by atoms with Gasteiger partial charge in [-0.3, -0.25) is 4.79 Å². The van der Waals surface area contributed by atoms with E-state index in [-0.39, 0.29) is 17.6 Å². The number of nitrogens with one attached hydrogen (secondary N) is 2. The van der Waals surface area contributed by atoms with E-state index < -0.39 is 0 Å². The van der Waals surface area contributed by atoms with Crippen LogP contribution in [0.2, 0.25) is 0 Å². The molecule has 146 valence electrons. The highest BCUT2D eigenvalue weighted by atomic mass is 32.1. The van der Waals surface area contributed by atoms with Crippen LogP contribution in [-0.2, 0) is 20.9 Å². The molecule has 10 heteroatoms. The third-order valence-corrected chi connectivity index (χ3v) is 3.32. The summed E-state index contributed by atoms with van der Waals surface area (Å²) in [5, 5.41) is 7.33. The number of rotatable bonds is 5. The van der Waals surface area contributed by atoms with Gasteiger partial charge >= 0.3 is 0 Å². The number of aromatic nitrogens is 1. The maximum absolute atomic E-state index is 10.9. The molecule has 27 heavy (non-hydrogen) atoms. The Balaban J connectivity index is 0.000000998. The van der Waals surface area contributed by atoms with E-state index in [1.807, 2.05) is 31.1 Å². The first-order valence-corrected chi connectivity index (χ1v) is 8.50. The fourth-order valence-corrected chi connectivity index (χ4v) is 2.35. The van der Waals surface area contributed by atoms with E-state index >= 15 is 0 Å². The highest BCUT2D eigenvalue weighted by molar-refractivity contribution is 7.19. The number of Topliss-reactive ketones (excluding diaryl/α,β-unsaturated/α-hetero) is 1. The van der Waals surface area contributed by atoms with Crippen LogP contribution < -0.4 is 22.1 Å². The van der Waals surface area contributed by atoms with Crippen LogP contribution >= 0.6 is 11.3 Å². The third-order valence-electron chi connectivity index (χ3n) is 2.45. The molecule has 0 fully saturated rings. The van der Waals surface area contributed by atoms with Crippen molar-refractivity contribution in [2.45, 2.75) is 27.3 Å². The Morgan fingerprint density at radius 2 is 1.70 bits per heavy atom. The van der Waals surface area contributed by atoms with E-state index in [9.17, 15) is 9.59 Å². The Bertz CT molecular complexity index is 750. The molecule has 0 atom stereocenters. The van der Waals surface area contributed by atoms with Gasteiger partial charge in [0.25, 0.3) is 0 Å². The number of hydrogen-bond donors (Lipinski definition) is 4. The van der Waals surface area contributed by atoms with Crippen LogP contribution in [0.25, 0.3) is 0 Å². The SMILES string of the molecule is C=O.CC(=O)Nc1ncc(NCc2ccc(N=C(N)N)cc2)s1.CC(C)=O. The number of ketones is 1. The van der Waals surface area contributed by atoms with Gasteiger partial charge in [0.2, 0.25) is 5.91 Å². The van der Waals surface area contributed by atoms with Gasteiger partial charge in [0, 0.05) is 13.5 Å². The predicted octanol–water partition coefficient (Wildman–Crippen LogP) is 2.03. The molecule has 2 aromatic rings. The third kappa shape index (κ3) is 11.8. The summed E-state index contributed by atoms with van der Waals surface area (Å²) in [6.45, 7) is 7.15. The summed E-state index contributed by atoms with van der Waals surface area (Å²) in [5.41, 5.74) is 12.4. The number of guanidine groups is 1. The van der Waals surface area contributed by atoms with Gasteiger partial charge in [-0.05, 0) is 31.5 Å². The number of thiazole rings is 1. The van der Waals surface area contributed by atoms with Gasteiger partial charge in [-0.1, -0.05) is 23.5 Å². The number of hydrogen-bond acceptors (Lipinski definition) is 7. The van der Waals surface area contributed by atoms with Gasteiger partial charge in [0.1, 0.15) is 17.6 Å². The van der Waals surface area contributed by atoms with Crippen molar-refractivity contribution in [1.82, 2.24) is 4.98 Å². The second-order valence-corrected chi connectivity index (χ2v) is 6.21. The van der Waals surface area contributed by atoms with Crippen molar-refractivity contribution in [3.05, 3.63) is 36.0 Å². The number of aliphatic imine (C=N–C) groups is 1. The van der Waals surface area contributed by atoms with Crippen LogP contribution in [-0.4, -0.2) is 29.4 Å². The second-order valence-electron chi connectivity index (χ2n) is 5.18. The zero-order valence-electron chi connectivity index (χ0n) is 15.5. The fraction of sp³-hybridized carbons (Fsp3) is 0.235. The molecule has 0 saturated carbocycles. The first-order valence-electron chi connectivity index (χ1n) is 7.68. The van der Waals surface area contributed by atoms with Crippen molar-refractivity contribution in [2.24, 2.45) is 16.5 Å². The molecule has 9 nitrogen and oxygen atoms in total. The van der Waals surface area contributed by atoms with E-state index in [0.29, 0.717) is 17.4 Å². The van der Waals surface area contributed by atoms with Gasteiger partial charge < -0.3 is 31.7 Å². The van der Waals surface area contributed by atoms with E-state index in [4.69, 9.17) is 16.3 Å². The predicted molar refractivity (Wildman–Crippen MR) is 109 cm³/mol. The smallest absolute Gasteiger partial charge is 0.223 e. The Labute approximate surface area is 161 Å². The molecular formula is C17H24N6O3S. The van der Waals surface area contributed by atoms with E-state index in [1.54, 1.807) is 6.20 Å². The molecule has 1 heterocycles. The lowest BCUT2D eigenvalue weighted by Crippen LogP contribution is -2.21. The average Bonchev–Trinajstić information content (AvgIpc) is 3.02. The molecule has 0 bridgehead atoms. The number of benzene rings is 1. The van der Waals surface area contributed by atoms with E-state index in [0.717, 1.165) is 10.6 Å². The zero-order chi connectivity index (χ0) is 20.8. The topological polar surface area (TPSA) is 153 Å². The van der Waals surface area contributed by atoms with Crippen molar-refractivity contribution in [1.29, 1.82) is 0 Å². The molecule has 0 aliphatic heterocycles. The lowest BCUT2D eigenvalue weighted by atomic mass is 10.2. The van der Waals surface area contributed by atoms with Crippen molar-refractivity contribution in [3.63, 3.8) is 0 Å². The number of anilines is 2. The van der Waals surface area contributed by atoms with Crippen LogP contribution in [0.1, 0.15) is 26.3 Å². The van der Waals surface area contributed by atoms with Crippen LogP contribution in [0.15, 0.2) is 35.5 Å². The number of amides is 1. The van der Waals surface area contributed by atoms with Crippen molar-refractivity contribution >= 4 is 51.6 Å². The Hall–Kier alpha value is -3.27. The summed E-state index contributed by atoms with van der Waals surface area (Å²) < 4.78 is 0. The molecule has 1 aromatic carbocycles. The molecule has 0 radical (unpaired) electrons. The minimum atomic E-state index is -0.133. The molecule has 0 saturated heterocycles. The standard InChI is InChI=1S/C13H16N6OS.C3H6O.CH2O/c1-8(20)18-13-17-7-11(21-13)16-6-9-2-4-10(5-3-9)19-12(14)15;1-3(2)4;1-2/h2-5,7,16H,6H2,1H3,(H4,14,15,19)(H,17,18,20);1-2H3;1H2. The first-order chi connectivity index (χ1) is 12.8. The molecule has 0 aliphatic carbocycles. The molecule has 1 aromatic heterocycles. The Morgan fingerprint density at radius 1 is 1.15 bits per heavy atom. The summed E-state index contributed by atoms with van der Waals surface area (Å²) in [4.78, 5) is 36.4. The van der Waals surface area contributed by atoms with Crippen LogP contribution in [0, 0.1) is 0 Å². The van der Waals surface area contributed by atoms with Crippen LogP contribution in [0.5, 0.6) is 0 Å². The number of carbonyl (C=O) groups is 3. The molecular weight excluding hydrogens is 368 g/mol. The highest BCUT2D eigenvalue weighted by Gasteiger charge is 2.03. The Kier molecular flexibility index (Phi) is 11.4. The van der Waals surface area contributed by atoms with E-state index in [1.165, 1.54) is 32.1 Å². The molecule has 2 rings (SSSR count).